The maximum absolute atomic E-state index is 12.3. The molecule has 1 aliphatic rings. The molecule has 0 bridgehead atoms. The lowest BCUT2D eigenvalue weighted by Crippen LogP contribution is -2.38. The molecule has 0 aliphatic carbocycles. The minimum absolute atomic E-state index is 0.0170. The third kappa shape index (κ3) is 3.61. The molecule has 1 amide bonds. The molecule has 5 heteroatoms. The second-order valence-corrected chi connectivity index (χ2v) is 6.87. The zero-order chi connectivity index (χ0) is 15.4. The van der Waals surface area contributed by atoms with E-state index in [-0.39, 0.29) is 16.4 Å². The molecular weight excluding hydrogens is 445 g/mol. The number of allylic oxidation sites excluding steroid dienone is 1. The molecule has 1 unspecified atom stereocenters. The quantitative estimate of drug-likeness (QED) is 0.388. The highest BCUT2D eigenvalue weighted by Gasteiger charge is 2.28. The average molecular weight is 460 g/mol. The Hall–Kier alpha value is -1.00. The number of alkyl halides is 1. The zero-order valence-electron chi connectivity index (χ0n) is 11.6. The Morgan fingerprint density at radius 2 is 2.33 bits per heavy atom. The van der Waals surface area contributed by atoms with Crippen molar-refractivity contribution in [1.29, 1.82) is 0 Å². The van der Waals surface area contributed by atoms with E-state index in [0.29, 0.717) is 12.3 Å². The third-order valence-corrected chi connectivity index (χ3v) is 4.90. The summed E-state index contributed by atoms with van der Waals surface area (Å²) in [5.74, 6) is 3.31. The number of hydrogen-bond donors (Lipinski definition) is 0. The van der Waals surface area contributed by atoms with E-state index in [1.54, 1.807) is 0 Å². The number of ether oxygens (including phenoxy) is 1. The molecule has 1 aromatic rings. The van der Waals surface area contributed by atoms with Gasteiger partial charge in [-0.15, -0.1) is 6.42 Å². The summed E-state index contributed by atoms with van der Waals surface area (Å²) >= 11 is 5.75. The Morgan fingerprint density at radius 1 is 1.57 bits per heavy atom. The Balaban J connectivity index is 2.33. The SMILES string of the molecule is C#CCOc1ccc(C2=CCC(I)C(=O)N2CC)c(Br)c1. The molecule has 3 nitrogen and oxygen atoms in total. The lowest BCUT2D eigenvalue weighted by Gasteiger charge is -2.31. The van der Waals surface area contributed by atoms with Gasteiger partial charge >= 0.3 is 0 Å². The summed E-state index contributed by atoms with van der Waals surface area (Å²) < 4.78 is 6.31. The maximum atomic E-state index is 12.3. The molecule has 0 N–H and O–H groups in total. The van der Waals surface area contributed by atoms with E-state index in [9.17, 15) is 4.79 Å². The van der Waals surface area contributed by atoms with Crippen molar-refractivity contribution in [2.24, 2.45) is 0 Å². The Morgan fingerprint density at radius 3 is 2.95 bits per heavy atom. The normalized spacial score (nSPS) is 18.2. The van der Waals surface area contributed by atoms with Gasteiger partial charge in [-0.3, -0.25) is 4.79 Å². The summed E-state index contributed by atoms with van der Waals surface area (Å²) in [6.07, 6.45) is 8.06. The first kappa shape index (κ1) is 16.4. The fourth-order valence-electron chi connectivity index (χ4n) is 2.21. The highest BCUT2D eigenvalue weighted by Crippen LogP contribution is 2.34. The monoisotopic (exact) mass is 459 g/mol. The van der Waals surface area contributed by atoms with Gasteiger partial charge in [-0.25, -0.2) is 0 Å². The van der Waals surface area contributed by atoms with E-state index >= 15 is 0 Å². The molecular formula is C16H15BrINO2. The van der Waals surface area contributed by atoms with Gasteiger partial charge in [0.25, 0.3) is 0 Å². The van der Waals surface area contributed by atoms with Gasteiger partial charge in [0.2, 0.25) is 5.91 Å². The number of rotatable bonds is 4. The first-order chi connectivity index (χ1) is 10.1. The number of amides is 1. The maximum Gasteiger partial charge on any atom is 0.240 e. The molecule has 1 aromatic carbocycles. The summed E-state index contributed by atoms with van der Waals surface area (Å²) in [4.78, 5) is 14.1. The number of benzene rings is 1. The molecule has 0 radical (unpaired) electrons. The molecule has 2 rings (SSSR count). The molecule has 1 atom stereocenters. The van der Waals surface area contributed by atoms with E-state index < -0.39 is 0 Å². The van der Waals surface area contributed by atoms with E-state index in [0.717, 1.165) is 22.2 Å². The van der Waals surface area contributed by atoms with Crippen molar-refractivity contribution in [2.75, 3.05) is 13.2 Å². The van der Waals surface area contributed by atoms with E-state index in [4.69, 9.17) is 11.2 Å². The van der Waals surface area contributed by atoms with Gasteiger partial charge in [-0.1, -0.05) is 34.6 Å². The molecule has 21 heavy (non-hydrogen) atoms. The van der Waals surface area contributed by atoms with Gasteiger partial charge in [-0.2, -0.15) is 0 Å². The van der Waals surface area contributed by atoms with Gasteiger partial charge in [0.1, 0.15) is 12.4 Å². The number of carbonyl (C=O) groups excluding carboxylic acids is 1. The van der Waals surface area contributed by atoms with Crippen LogP contribution < -0.4 is 4.74 Å². The zero-order valence-corrected chi connectivity index (χ0v) is 15.3. The number of carbonyl (C=O) groups is 1. The predicted molar refractivity (Wildman–Crippen MR) is 96.3 cm³/mol. The van der Waals surface area contributed by atoms with Crippen LogP contribution in [0.15, 0.2) is 28.7 Å². The third-order valence-electron chi connectivity index (χ3n) is 3.20. The van der Waals surface area contributed by atoms with E-state index in [1.807, 2.05) is 30.0 Å². The number of hydrogen-bond acceptors (Lipinski definition) is 2. The molecule has 1 aliphatic heterocycles. The lowest BCUT2D eigenvalue weighted by atomic mass is 10.0. The van der Waals surface area contributed by atoms with Crippen LogP contribution in [0.25, 0.3) is 5.70 Å². The minimum atomic E-state index is 0.0170. The van der Waals surface area contributed by atoms with Gasteiger partial charge < -0.3 is 9.64 Å². The number of nitrogens with zero attached hydrogens (tertiary/aromatic N) is 1. The van der Waals surface area contributed by atoms with Gasteiger partial charge in [-0.05, 0) is 47.5 Å². The molecule has 1 heterocycles. The largest absolute Gasteiger partial charge is 0.481 e. The molecule has 110 valence electrons. The van der Waals surface area contributed by atoms with Crippen LogP contribution >= 0.6 is 38.5 Å². The molecule has 0 aromatic heterocycles. The summed E-state index contributed by atoms with van der Waals surface area (Å²) in [6, 6.07) is 5.69. The topological polar surface area (TPSA) is 29.5 Å². The average Bonchev–Trinajstić information content (AvgIpc) is 2.48. The predicted octanol–water partition coefficient (Wildman–Crippen LogP) is 3.86. The van der Waals surface area contributed by atoms with E-state index in [1.165, 1.54) is 0 Å². The van der Waals surface area contributed by atoms with Crippen molar-refractivity contribution < 1.29 is 9.53 Å². The summed E-state index contributed by atoms with van der Waals surface area (Å²) in [5, 5.41) is 0. The first-order valence-electron chi connectivity index (χ1n) is 6.60. The fraction of sp³-hybridized carbons (Fsp3) is 0.312. The highest BCUT2D eigenvalue weighted by molar-refractivity contribution is 14.1. The van der Waals surface area contributed by atoms with Crippen LogP contribution in [0.2, 0.25) is 0 Å². The van der Waals surface area contributed by atoms with E-state index in [2.05, 4.69) is 50.5 Å². The van der Waals surface area contributed by atoms with Crippen LogP contribution in [0.1, 0.15) is 18.9 Å². The van der Waals surface area contributed by atoms with Crippen LogP contribution in [0, 0.1) is 12.3 Å². The van der Waals surface area contributed by atoms with Crippen molar-refractivity contribution >= 4 is 50.1 Å². The van der Waals surface area contributed by atoms with Crippen LogP contribution in [0.5, 0.6) is 5.75 Å². The Kier molecular flexibility index (Phi) is 5.71. The minimum Gasteiger partial charge on any atom is -0.481 e. The van der Waals surface area contributed by atoms with Crippen molar-refractivity contribution in [3.63, 3.8) is 0 Å². The highest BCUT2D eigenvalue weighted by atomic mass is 127. The lowest BCUT2D eigenvalue weighted by molar-refractivity contribution is -0.127. The molecule has 0 spiro atoms. The second-order valence-electron chi connectivity index (χ2n) is 4.51. The van der Waals surface area contributed by atoms with Gasteiger partial charge in [0.05, 0.1) is 3.92 Å². The van der Waals surface area contributed by atoms with Crippen molar-refractivity contribution in [2.45, 2.75) is 17.3 Å². The second kappa shape index (κ2) is 7.32. The van der Waals surface area contributed by atoms with Crippen molar-refractivity contribution in [1.82, 2.24) is 4.90 Å². The summed E-state index contributed by atoms with van der Waals surface area (Å²) in [6.45, 7) is 2.88. The summed E-state index contributed by atoms with van der Waals surface area (Å²) in [7, 11) is 0. The fourth-order valence-corrected chi connectivity index (χ4v) is 3.37. The molecule has 0 saturated carbocycles. The molecule has 0 fully saturated rings. The van der Waals surface area contributed by atoms with Crippen molar-refractivity contribution in [3.05, 3.63) is 34.3 Å². The van der Waals surface area contributed by atoms with Crippen LogP contribution in [0.3, 0.4) is 0 Å². The number of terminal acetylenes is 1. The van der Waals surface area contributed by atoms with Gasteiger partial charge in [0.15, 0.2) is 0 Å². The number of halogens is 2. The van der Waals surface area contributed by atoms with Crippen molar-refractivity contribution in [3.8, 4) is 18.1 Å². The smallest absolute Gasteiger partial charge is 0.240 e. The molecule has 0 saturated heterocycles. The standard InChI is InChI=1S/C16H15BrINO2/c1-3-9-21-11-5-6-12(13(17)10-11)15-8-7-14(18)16(20)19(15)4-2/h1,5-6,8,10,14H,4,7,9H2,2H3. The van der Waals surface area contributed by atoms with Crippen LogP contribution in [0.4, 0.5) is 0 Å². The Labute approximate surface area is 147 Å². The van der Waals surface area contributed by atoms with Crippen LogP contribution in [-0.4, -0.2) is 27.9 Å². The van der Waals surface area contributed by atoms with Gasteiger partial charge in [0, 0.05) is 22.3 Å². The van der Waals surface area contributed by atoms with Crippen LogP contribution in [-0.2, 0) is 4.79 Å². The first-order valence-corrected chi connectivity index (χ1v) is 8.64. The Bertz CT molecular complexity index is 621. The summed E-state index contributed by atoms with van der Waals surface area (Å²) in [5.41, 5.74) is 1.94.